The maximum atomic E-state index is 12.6. The van der Waals surface area contributed by atoms with E-state index in [1.807, 2.05) is 54.6 Å². The standard InChI is InChI=1S/C19H20N2O3/c22-18(23)12-17-16-9-5-4-8-15(16)10-11-21(17)19(24)20-13-14-6-2-1-3-7-14/h1-9,17H,10-13H2,(H,20,24)(H,22,23). The number of amides is 2. The largest absolute Gasteiger partial charge is 0.481 e. The van der Waals surface area contributed by atoms with E-state index < -0.39 is 12.0 Å². The molecule has 2 aromatic rings. The number of nitrogens with one attached hydrogen (secondary N) is 1. The minimum Gasteiger partial charge on any atom is -0.481 e. The van der Waals surface area contributed by atoms with Gasteiger partial charge in [-0.2, -0.15) is 0 Å². The van der Waals surface area contributed by atoms with Gasteiger partial charge in [0.2, 0.25) is 0 Å². The van der Waals surface area contributed by atoms with Crippen molar-refractivity contribution >= 4 is 12.0 Å². The minimum absolute atomic E-state index is 0.0875. The van der Waals surface area contributed by atoms with Crippen LogP contribution < -0.4 is 5.32 Å². The zero-order valence-corrected chi connectivity index (χ0v) is 13.3. The summed E-state index contributed by atoms with van der Waals surface area (Å²) < 4.78 is 0. The Morgan fingerprint density at radius 1 is 1.08 bits per heavy atom. The number of aliphatic carboxylic acids is 1. The summed E-state index contributed by atoms with van der Waals surface area (Å²) in [6, 6.07) is 16.8. The van der Waals surface area contributed by atoms with Crippen LogP contribution in [0.5, 0.6) is 0 Å². The van der Waals surface area contributed by atoms with E-state index in [-0.39, 0.29) is 12.5 Å². The summed E-state index contributed by atoms with van der Waals surface area (Å²) >= 11 is 0. The molecule has 1 heterocycles. The zero-order valence-electron chi connectivity index (χ0n) is 13.3. The molecular weight excluding hydrogens is 304 g/mol. The van der Waals surface area contributed by atoms with Crippen molar-refractivity contribution in [1.82, 2.24) is 10.2 Å². The number of rotatable bonds is 4. The highest BCUT2D eigenvalue weighted by Crippen LogP contribution is 2.32. The fourth-order valence-corrected chi connectivity index (χ4v) is 3.16. The van der Waals surface area contributed by atoms with E-state index in [0.717, 1.165) is 23.1 Å². The van der Waals surface area contributed by atoms with Gasteiger partial charge in [-0.3, -0.25) is 4.79 Å². The van der Waals surface area contributed by atoms with E-state index in [1.165, 1.54) is 0 Å². The molecule has 0 fully saturated rings. The third-order valence-corrected chi connectivity index (χ3v) is 4.33. The second-order valence-corrected chi connectivity index (χ2v) is 5.90. The summed E-state index contributed by atoms with van der Waals surface area (Å²) in [6.45, 7) is 0.952. The lowest BCUT2D eigenvalue weighted by molar-refractivity contribution is -0.138. The van der Waals surface area contributed by atoms with E-state index in [4.69, 9.17) is 0 Å². The van der Waals surface area contributed by atoms with Crippen LogP contribution in [-0.2, 0) is 17.8 Å². The van der Waals surface area contributed by atoms with Gasteiger partial charge in [-0.05, 0) is 23.1 Å². The summed E-state index contributed by atoms with van der Waals surface area (Å²) in [5.74, 6) is -0.905. The molecule has 3 rings (SSSR count). The van der Waals surface area contributed by atoms with Crippen molar-refractivity contribution < 1.29 is 14.7 Å². The normalized spacial score (nSPS) is 16.3. The summed E-state index contributed by atoms with van der Waals surface area (Å²) in [5, 5.41) is 12.1. The van der Waals surface area contributed by atoms with Crippen molar-refractivity contribution in [2.45, 2.75) is 25.4 Å². The van der Waals surface area contributed by atoms with Crippen molar-refractivity contribution in [3.8, 4) is 0 Å². The number of urea groups is 1. The lowest BCUT2D eigenvalue weighted by Crippen LogP contribution is -2.46. The summed E-state index contributed by atoms with van der Waals surface area (Å²) in [4.78, 5) is 25.5. The van der Waals surface area contributed by atoms with Crippen LogP contribution in [-0.4, -0.2) is 28.6 Å². The first-order chi connectivity index (χ1) is 11.6. The van der Waals surface area contributed by atoms with Gasteiger partial charge in [0.25, 0.3) is 0 Å². The van der Waals surface area contributed by atoms with Crippen LogP contribution in [0.4, 0.5) is 4.79 Å². The number of hydrogen-bond acceptors (Lipinski definition) is 2. The van der Waals surface area contributed by atoms with E-state index in [2.05, 4.69) is 5.32 Å². The molecule has 124 valence electrons. The van der Waals surface area contributed by atoms with Crippen LogP contribution in [0.3, 0.4) is 0 Å². The Balaban J connectivity index is 1.75. The average Bonchev–Trinajstić information content (AvgIpc) is 2.60. The summed E-state index contributed by atoms with van der Waals surface area (Å²) in [6.07, 6.45) is 0.654. The molecule has 0 saturated heterocycles. The van der Waals surface area contributed by atoms with Gasteiger partial charge in [0.1, 0.15) is 0 Å². The summed E-state index contributed by atoms with van der Waals surface area (Å²) in [5.41, 5.74) is 3.06. The molecule has 1 unspecified atom stereocenters. The smallest absolute Gasteiger partial charge is 0.318 e. The molecule has 0 aliphatic carbocycles. The molecule has 2 aromatic carbocycles. The maximum absolute atomic E-state index is 12.6. The highest BCUT2D eigenvalue weighted by Gasteiger charge is 2.32. The maximum Gasteiger partial charge on any atom is 0.318 e. The number of nitrogens with zero attached hydrogens (tertiary/aromatic N) is 1. The van der Waals surface area contributed by atoms with Crippen LogP contribution in [0, 0.1) is 0 Å². The number of benzene rings is 2. The fourth-order valence-electron chi connectivity index (χ4n) is 3.16. The monoisotopic (exact) mass is 324 g/mol. The molecule has 0 saturated carbocycles. The van der Waals surface area contributed by atoms with Gasteiger partial charge in [0.15, 0.2) is 0 Å². The third-order valence-electron chi connectivity index (χ3n) is 4.33. The Bertz CT molecular complexity index is 730. The molecule has 2 N–H and O–H groups in total. The SMILES string of the molecule is O=C(O)CC1c2ccccc2CCN1C(=O)NCc1ccccc1. The lowest BCUT2D eigenvalue weighted by atomic mass is 9.91. The molecule has 5 heteroatoms. The first-order valence-electron chi connectivity index (χ1n) is 8.03. The number of carbonyl (C=O) groups is 2. The zero-order chi connectivity index (χ0) is 16.9. The Morgan fingerprint density at radius 2 is 1.79 bits per heavy atom. The van der Waals surface area contributed by atoms with E-state index in [1.54, 1.807) is 4.90 Å². The van der Waals surface area contributed by atoms with Crippen LogP contribution in [0.1, 0.15) is 29.2 Å². The molecular formula is C19H20N2O3. The Kier molecular flexibility index (Phi) is 4.79. The van der Waals surface area contributed by atoms with E-state index in [9.17, 15) is 14.7 Å². The number of carboxylic acids is 1. The molecule has 1 atom stereocenters. The number of carboxylic acid groups (broad SMARTS) is 1. The van der Waals surface area contributed by atoms with Crippen LogP contribution >= 0.6 is 0 Å². The molecule has 0 spiro atoms. The third kappa shape index (κ3) is 3.56. The molecule has 5 nitrogen and oxygen atoms in total. The molecule has 0 radical (unpaired) electrons. The van der Waals surface area contributed by atoms with Crippen molar-refractivity contribution in [3.05, 3.63) is 71.3 Å². The topological polar surface area (TPSA) is 69.6 Å². The second-order valence-electron chi connectivity index (χ2n) is 5.90. The van der Waals surface area contributed by atoms with Gasteiger partial charge in [0, 0.05) is 13.1 Å². The van der Waals surface area contributed by atoms with Gasteiger partial charge in [-0.1, -0.05) is 54.6 Å². The van der Waals surface area contributed by atoms with Gasteiger partial charge in [-0.25, -0.2) is 4.79 Å². The first-order valence-corrected chi connectivity index (χ1v) is 8.03. The van der Waals surface area contributed by atoms with Crippen molar-refractivity contribution in [1.29, 1.82) is 0 Å². The molecule has 0 aromatic heterocycles. The highest BCUT2D eigenvalue weighted by atomic mass is 16.4. The van der Waals surface area contributed by atoms with Crippen LogP contribution in [0.15, 0.2) is 54.6 Å². The average molecular weight is 324 g/mol. The van der Waals surface area contributed by atoms with Crippen LogP contribution in [0.25, 0.3) is 0 Å². The molecule has 1 aliphatic heterocycles. The second kappa shape index (κ2) is 7.17. The summed E-state index contributed by atoms with van der Waals surface area (Å²) in [7, 11) is 0. The predicted octanol–water partition coefficient (Wildman–Crippen LogP) is 2.97. The van der Waals surface area contributed by atoms with Gasteiger partial charge in [-0.15, -0.1) is 0 Å². The predicted molar refractivity (Wildman–Crippen MR) is 90.5 cm³/mol. The van der Waals surface area contributed by atoms with Crippen molar-refractivity contribution in [2.24, 2.45) is 0 Å². The first kappa shape index (κ1) is 16.1. The molecule has 24 heavy (non-hydrogen) atoms. The van der Waals surface area contributed by atoms with Crippen molar-refractivity contribution in [3.63, 3.8) is 0 Å². The Hall–Kier alpha value is -2.82. The van der Waals surface area contributed by atoms with Gasteiger partial charge in [0.05, 0.1) is 12.5 Å². The Labute approximate surface area is 140 Å². The quantitative estimate of drug-likeness (QED) is 0.908. The fraction of sp³-hybridized carbons (Fsp3) is 0.263. The van der Waals surface area contributed by atoms with Gasteiger partial charge >= 0.3 is 12.0 Å². The number of hydrogen-bond donors (Lipinski definition) is 2. The molecule has 2 amide bonds. The lowest BCUT2D eigenvalue weighted by Gasteiger charge is -2.36. The van der Waals surface area contributed by atoms with E-state index in [0.29, 0.717) is 13.1 Å². The molecule has 0 bridgehead atoms. The Morgan fingerprint density at radius 3 is 2.54 bits per heavy atom. The number of carbonyl (C=O) groups excluding carboxylic acids is 1. The highest BCUT2D eigenvalue weighted by molar-refractivity contribution is 5.77. The van der Waals surface area contributed by atoms with Gasteiger partial charge < -0.3 is 15.3 Å². The van der Waals surface area contributed by atoms with Crippen LogP contribution in [0.2, 0.25) is 0 Å². The number of fused-ring (bicyclic) bond motifs is 1. The minimum atomic E-state index is -0.905. The van der Waals surface area contributed by atoms with Crippen molar-refractivity contribution in [2.75, 3.05) is 6.54 Å². The van der Waals surface area contributed by atoms with E-state index >= 15 is 0 Å². The molecule has 1 aliphatic rings.